The maximum Gasteiger partial charge on any atom is 0.573 e. The molecule has 0 N–H and O–H groups in total. The number of benzene rings is 1. The van der Waals surface area contributed by atoms with E-state index in [2.05, 4.69) is 11.7 Å². The molecule has 1 aromatic carbocycles. The second-order valence-electron chi connectivity index (χ2n) is 6.54. The van der Waals surface area contributed by atoms with Gasteiger partial charge in [0.1, 0.15) is 5.75 Å². The minimum Gasteiger partial charge on any atom is -0.406 e. The third-order valence-corrected chi connectivity index (χ3v) is 4.32. The van der Waals surface area contributed by atoms with E-state index in [0.717, 1.165) is 6.42 Å². The molecule has 0 unspecified atom stereocenters. The molecule has 1 aliphatic rings. The van der Waals surface area contributed by atoms with E-state index in [0.29, 0.717) is 24.7 Å². The maximum atomic E-state index is 12.2. The first kappa shape index (κ1) is 20.0. The van der Waals surface area contributed by atoms with Crippen molar-refractivity contribution in [1.82, 2.24) is 0 Å². The van der Waals surface area contributed by atoms with E-state index in [1.54, 1.807) is 12.1 Å². The molecule has 1 aliphatic heterocycles. The van der Waals surface area contributed by atoms with Gasteiger partial charge >= 0.3 is 6.36 Å². The Bertz CT molecular complexity index is 480. The molecule has 25 heavy (non-hydrogen) atoms. The fraction of sp³-hybridized carbons (Fsp3) is 0.684. The number of unbranched alkanes of at least 4 members (excludes halogenated alkanes) is 5. The summed E-state index contributed by atoms with van der Waals surface area (Å²) in [6.07, 6.45) is 3.51. The zero-order valence-corrected chi connectivity index (χ0v) is 14.7. The van der Waals surface area contributed by atoms with Gasteiger partial charge in [0.15, 0.2) is 6.29 Å². The van der Waals surface area contributed by atoms with Gasteiger partial charge < -0.3 is 14.2 Å². The number of hydrogen-bond donors (Lipinski definition) is 0. The van der Waals surface area contributed by atoms with Crippen LogP contribution in [0.3, 0.4) is 0 Å². The zero-order chi connectivity index (χ0) is 18.1. The highest BCUT2D eigenvalue weighted by molar-refractivity contribution is 5.28. The molecule has 1 fully saturated rings. The molecule has 1 aromatic rings. The van der Waals surface area contributed by atoms with Gasteiger partial charge in [0.05, 0.1) is 13.2 Å². The third kappa shape index (κ3) is 7.65. The van der Waals surface area contributed by atoms with Crippen LogP contribution in [0, 0.1) is 5.92 Å². The van der Waals surface area contributed by atoms with Crippen LogP contribution in [0.1, 0.15) is 63.7 Å². The molecule has 0 bridgehead atoms. The highest BCUT2D eigenvalue weighted by Gasteiger charge is 2.31. The van der Waals surface area contributed by atoms with Crippen LogP contribution in [0.15, 0.2) is 24.3 Å². The Balaban J connectivity index is 1.67. The SMILES string of the molecule is CCCCCCCCC1COC(c2ccc(OC(F)(F)F)cc2)OC1. The zero-order valence-electron chi connectivity index (χ0n) is 14.7. The van der Waals surface area contributed by atoms with Gasteiger partial charge in [-0.1, -0.05) is 57.6 Å². The Labute approximate surface area is 147 Å². The summed E-state index contributed by atoms with van der Waals surface area (Å²) in [6, 6.07) is 5.63. The topological polar surface area (TPSA) is 27.7 Å². The summed E-state index contributed by atoms with van der Waals surface area (Å²) in [5, 5.41) is 0. The molecule has 0 saturated carbocycles. The van der Waals surface area contributed by atoms with Crippen LogP contribution in [0.5, 0.6) is 5.75 Å². The lowest BCUT2D eigenvalue weighted by Crippen LogP contribution is -2.27. The number of halogens is 3. The molecule has 0 aromatic heterocycles. The van der Waals surface area contributed by atoms with Crippen LogP contribution in [-0.2, 0) is 9.47 Å². The lowest BCUT2D eigenvalue weighted by Gasteiger charge is -2.29. The van der Waals surface area contributed by atoms with Crippen LogP contribution < -0.4 is 4.74 Å². The molecule has 0 aliphatic carbocycles. The quantitative estimate of drug-likeness (QED) is 0.506. The fourth-order valence-corrected chi connectivity index (χ4v) is 2.94. The molecule has 2 rings (SSSR count). The predicted molar refractivity (Wildman–Crippen MR) is 89.3 cm³/mol. The van der Waals surface area contributed by atoms with Gasteiger partial charge in [-0.2, -0.15) is 0 Å². The van der Waals surface area contributed by atoms with Crippen molar-refractivity contribution in [3.05, 3.63) is 29.8 Å². The number of hydrogen-bond acceptors (Lipinski definition) is 3. The van der Waals surface area contributed by atoms with Crippen molar-refractivity contribution < 1.29 is 27.4 Å². The van der Waals surface area contributed by atoms with Gasteiger partial charge in [-0.25, -0.2) is 0 Å². The maximum absolute atomic E-state index is 12.2. The minimum atomic E-state index is -4.68. The van der Waals surface area contributed by atoms with Crippen molar-refractivity contribution >= 4 is 0 Å². The van der Waals surface area contributed by atoms with Crippen LogP contribution >= 0.6 is 0 Å². The fourth-order valence-electron chi connectivity index (χ4n) is 2.94. The summed E-state index contributed by atoms with van der Waals surface area (Å²) in [5.41, 5.74) is 0.701. The summed E-state index contributed by atoms with van der Waals surface area (Å²) in [4.78, 5) is 0. The third-order valence-electron chi connectivity index (χ3n) is 4.32. The molecule has 3 nitrogen and oxygen atoms in total. The summed E-state index contributed by atoms with van der Waals surface area (Å²) >= 11 is 0. The van der Waals surface area contributed by atoms with E-state index in [4.69, 9.17) is 9.47 Å². The molecule has 0 spiro atoms. The second kappa shape index (κ2) is 10.0. The summed E-state index contributed by atoms with van der Waals surface area (Å²) in [7, 11) is 0. The molecular weight excluding hydrogens is 333 g/mol. The first-order valence-corrected chi connectivity index (χ1v) is 9.07. The Morgan fingerprint density at radius 3 is 2.16 bits per heavy atom. The van der Waals surface area contributed by atoms with Crippen molar-refractivity contribution in [2.24, 2.45) is 5.92 Å². The molecule has 0 atom stereocenters. The van der Waals surface area contributed by atoms with Gasteiger partial charge in [0.25, 0.3) is 0 Å². The smallest absolute Gasteiger partial charge is 0.406 e. The average Bonchev–Trinajstić information content (AvgIpc) is 2.58. The Morgan fingerprint density at radius 2 is 1.56 bits per heavy atom. The van der Waals surface area contributed by atoms with Crippen molar-refractivity contribution in [1.29, 1.82) is 0 Å². The predicted octanol–water partition coefficient (Wildman–Crippen LogP) is 6.00. The van der Waals surface area contributed by atoms with Crippen LogP contribution in [0.2, 0.25) is 0 Å². The van der Waals surface area contributed by atoms with Crippen LogP contribution in [0.4, 0.5) is 13.2 Å². The van der Waals surface area contributed by atoms with Gasteiger partial charge in [-0.3, -0.25) is 0 Å². The van der Waals surface area contributed by atoms with Crippen molar-refractivity contribution in [2.45, 2.75) is 64.5 Å². The molecule has 1 saturated heterocycles. The Hall–Kier alpha value is -1.27. The largest absolute Gasteiger partial charge is 0.573 e. The van der Waals surface area contributed by atoms with Gasteiger partial charge in [-0.05, 0) is 18.6 Å². The first-order chi connectivity index (χ1) is 12.0. The minimum absolute atomic E-state index is 0.243. The highest BCUT2D eigenvalue weighted by atomic mass is 19.4. The molecule has 142 valence electrons. The van der Waals surface area contributed by atoms with E-state index in [9.17, 15) is 13.2 Å². The lowest BCUT2D eigenvalue weighted by molar-refractivity contribution is -0.274. The normalized spacial score (nSPS) is 21.3. The first-order valence-electron chi connectivity index (χ1n) is 9.07. The van der Waals surface area contributed by atoms with E-state index in [-0.39, 0.29) is 5.75 Å². The van der Waals surface area contributed by atoms with Crippen molar-refractivity contribution in [3.63, 3.8) is 0 Å². The van der Waals surface area contributed by atoms with Crippen molar-refractivity contribution in [2.75, 3.05) is 13.2 Å². The number of rotatable bonds is 9. The Morgan fingerprint density at radius 1 is 0.960 bits per heavy atom. The lowest BCUT2D eigenvalue weighted by atomic mass is 10.0. The monoisotopic (exact) mass is 360 g/mol. The van der Waals surface area contributed by atoms with Gasteiger partial charge in [0, 0.05) is 11.5 Å². The molecule has 1 heterocycles. The number of alkyl halides is 3. The van der Waals surface area contributed by atoms with Gasteiger partial charge in [-0.15, -0.1) is 13.2 Å². The van der Waals surface area contributed by atoms with Crippen molar-refractivity contribution in [3.8, 4) is 5.75 Å². The highest BCUT2D eigenvalue weighted by Crippen LogP contribution is 2.29. The van der Waals surface area contributed by atoms with Gasteiger partial charge in [0.2, 0.25) is 0 Å². The van der Waals surface area contributed by atoms with Crippen LogP contribution in [-0.4, -0.2) is 19.6 Å². The van der Waals surface area contributed by atoms with E-state index in [1.807, 2.05) is 0 Å². The number of ether oxygens (including phenoxy) is 3. The van der Waals surface area contributed by atoms with Crippen LogP contribution in [0.25, 0.3) is 0 Å². The summed E-state index contributed by atoms with van der Waals surface area (Å²) in [5.74, 6) is 0.156. The summed E-state index contributed by atoms with van der Waals surface area (Å²) < 4.78 is 51.8. The molecular formula is C19H27F3O3. The Kier molecular flexibility index (Phi) is 8.03. The molecule has 6 heteroatoms. The summed E-state index contributed by atoms with van der Waals surface area (Å²) in [6.45, 7) is 3.46. The van der Waals surface area contributed by atoms with E-state index < -0.39 is 12.7 Å². The standard InChI is InChI=1S/C19H27F3O3/c1-2-3-4-5-6-7-8-15-13-23-18(24-14-15)16-9-11-17(12-10-16)25-19(20,21)22/h9-12,15,18H,2-8,13-14H2,1H3. The second-order valence-corrected chi connectivity index (χ2v) is 6.54. The van der Waals surface area contributed by atoms with E-state index in [1.165, 1.54) is 50.7 Å². The average molecular weight is 360 g/mol. The molecule has 0 amide bonds. The van der Waals surface area contributed by atoms with E-state index >= 15 is 0 Å². The molecule has 0 radical (unpaired) electrons.